The first-order valence-corrected chi connectivity index (χ1v) is 4.53. The van der Waals surface area contributed by atoms with E-state index in [0.29, 0.717) is 12.4 Å². The molecule has 1 heterocycles. The van der Waals surface area contributed by atoms with Gasteiger partial charge < -0.3 is 10.6 Å². The Kier molecular flexibility index (Phi) is 3.64. The van der Waals surface area contributed by atoms with Crippen molar-refractivity contribution in [3.8, 4) is 0 Å². The number of nitrogens with zero attached hydrogens (tertiary/aromatic N) is 3. The lowest BCUT2D eigenvalue weighted by molar-refractivity contribution is -0.116. The topological polar surface area (TPSA) is 72.1 Å². The molecule has 0 unspecified atom stereocenters. The third-order valence-electron chi connectivity index (χ3n) is 1.66. The first-order chi connectivity index (χ1) is 6.63. The minimum atomic E-state index is -0.401. The number of nitrogens with two attached hydrogens (primary N) is 1. The van der Waals surface area contributed by atoms with E-state index in [1.54, 1.807) is 11.0 Å². The van der Waals surface area contributed by atoms with Gasteiger partial charge in [-0.1, -0.05) is 0 Å². The van der Waals surface area contributed by atoms with Gasteiger partial charge in [0.2, 0.25) is 11.2 Å². The second-order valence-corrected chi connectivity index (χ2v) is 3.00. The van der Waals surface area contributed by atoms with Crippen molar-refractivity contribution in [3.05, 3.63) is 17.5 Å². The predicted octanol–water partition coefficient (Wildman–Crippen LogP) is 0.442. The maximum atomic E-state index is 10.7. The summed E-state index contributed by atoms with van der Waals surface area (Å²) in [6.45, 7) is 2.67. The molecule has 0 aromatic carbocycles. The number of hydrogen-bond acceptors (Lipinski definition) is 4. The smallest absolute Gasteiger partial charge is 0.236 e. The van der Waals surface area contributed by atoms with Crippen LogP contribution in [0.25, 0.3) is 0 Å². The standard InChI is InChI=1S/C8H11ClN4O/c1-2-13(5-6(10)14)7-3-4-11-8(9)12-7/h3-4H,2,5H2,1H3,(H2,10,14). The number of rotatable bonds is 4. The molecule has 0 atom stereocenters. The van der Waals surface area contributed by atoms with Crippen LogP contribution < -0.4 is 10.6 Å². The van der Waals surface area contributed by atoms with Crippen LogP contribution in [0.1, 0.15) is 6.92 Å². The molecule has 1 aromatic heterocycles. The maximum absolute atomic E-state index is 10.7. The highest BCUT2D eigenvalue weighted by molar-refractivity contribution is 6.28. The van der Waals surface area contributed by atoms with Crippen LogP contribution in [0.3, 0.4) is 0 Å². The average Bonchev–Trinajstić information content (AvgIpc) is 2.14. The van der Waals surface area contributed by atoms with Gasteiger partial charge >= 0.3 is 0 Å². The molecule has 6 heteroatoms. The Hall–Kier alpha value is -1.36. The van der Waals surface area contributed by atoms with Gasteiger partial charge in [0.1, 0.15) is 5.82 Å². The highest BCUT2D eigenvalue weighted by Crippen LogP contribution is 2.11. The van der Waals surface area contributed by atoms with Gasteiger partial charge in [-0.05, 0) is 24.6 Å². The summed E-state index contributed by atoms with van der Waals surface area (Å²) in [6, 6.07) is 1.68. The minimum absolute atomic E-state index is 0.129. The van der Waals surface area contributed by atoms with Gasteiger partial charge in [-0.25, -0.2) is 9.97 Å². The van der Waals surface area contributed by atoms with Crippen LogP contribution >= 0.6 is 11.6 Å². The van der Waals surface area contributed by atoms with Crippen molar-refractivity contribution in [2.24, 2.45) is 5.73 Å². The number of aromatic nitrogens is 2. The lowest BCUT2D eigenvalue weighted by Crippen LogP contribution is -2.34. The second-order valence-electron chi connectivity index (χ2n) is 2.66. The number of primary amides is 1. The number of amides is 1. The van der Waals surface area contributed by atoms with Crippen LogP contribution in [0, 0.1) is 0 Å². The van der Waals surface area contributed by atoms with E-state index in [1.807, 2.05) is 6.92 Å². The molecule has 0 fully saturated rings. The van der Waals surface area contributed by atoms with Crippen molar-refractivity contribution < 1.29 is 4.79 Å². The Balaban J connectivity index is 2.83. The molecule has 5 nitrogen and oxygen atoms in total. The van der Waals surface area contributed by atoms with Gasteiger partial charge in [-0.15, -0.1) is 0 Å². The Labute approximate surface area is 86.9 Å². The Morgan fingerprint density at radius 2 is 2.43 bits per heavy atom. The number of carbonyl (C=O) groups is 1. The molecular weight excluding hydrogens is 204 g/mol. The number of halogens is 1. The summed E-state index contributed by atoms with van der Waals surface area (Å²) in [5, 5.41) is 0.158. The normalized spacial score (nSPS) is 9.86. The highest BCUT2D eigenvalue weighted by atomic mass is 35.5. The maximum Gasteiger partial charge on any atom is 0.236 e. The van der Waals surface area contributed by atoms with Crippen molar-refractivity contribution >= 4 is 23.3 Å². The van der Waals surface area contributed by atoms with Gasteiger partial charge in [0.05, 0.1) is 6.54 Å². The monoisotopic (exact) mass is 214 g/mol. The van der Waals surface area contributed by atoms with Gasteiger partial charge in [0.15, 0.2) is 0 Å². The van der Waals surface area contributed by atoms with Crippen molar-refractivity contribution in [1.82, 2.24) is 9.97 Å². The summed E-state index contributed by atoms with van der Waals surface area (Å²) in [4.78, 5) is 20.2. The lowest BCUT2D eigenvalue weighted by atomic mass is 10.4. The summed E-state index contributed by atoms with van der Waals surface area (Å²) in [6.07, 6.45) is 1.54. The zero-order chi connectivity index (χ0) is 10.6. The van der Waals surface area contributed by atoms with Crippen LogP contribution in [0.4, 0.5) is 5.82 Å². The van der Waals surface area contributed by atoms with Gasteiger partial charge in [0, 0.05) is 12.7 Å². The van der Waals surface area contributed by atoms with E-state index in [0.717, 1.165) is 0 Å². The summed E-state index contributed by atoms with van der Waals surface area (Å²) in [5.41, 5.74) is 5.09. The number of carbonyl (C=O) groups excluding carboxylic acids is 1. The van der Waals surface area contributed by atoms with E-state index in [1.165, 1.54) is 6.20 Å². The third kappa shape index (κ3) is 2.85. The van der Waals surface area contributed by atoms with Crippen molar-refractivity contribution in [2.45, 2.75) is 6.92 Å². The van der Waals surface area contributed by atoms with Crippen molar-refractivity contribution in [3.63, 3.8) is 0 Å². The number of hydrogen-bond donors (Lipinski definition) is 1. The lowest BCUT2D eigenvalue weighted by Gasteiger charge is -2.19. The van der Waals surface area contributed by atoms with E-state index in [2.05, 4.69) is 9.97 Å². The van der Waals surface area contributed by atoms with Crippen LogP contribution in [-0.2, 0) is 4.79 Å². The zero-order valence-corrected chi connectivity index (χ0v) is 8.53. The molecule has 2 N–H and O–H groups in total. The van der Waals surface area contributed by atoms with Crippen LogP contribution in [0.15, 0.2) is 12.3 Å². The Bertz CT molecular complexity index is 331. The van der Waals surface area contributed by atoms with Gasteiger partial charge in [-0.3, -0.25) is 4.79 Å². The van der Waals surface area contributed by atoms with Crippen molar-refractivity contribution in [1.29, 1.82) is 0 Å². The fraction of sp³-hybridized carbons (Fsp3) is 0.375. The zero-order valence-electron chi connectivity index (χ0n) is 7.77. The molecule has 1 rings (SSSR count). The molecule has 0 saturated carbocycles. The van der Waals surface area contributed by atoms with E-state index in [4.69, 9.17) is 17.3 Å². The summed E-state index contributed by atoms with van der Waals surface area (Å²) in [7, 11) is 0. The Morgan fingerprint density at radius 3 is 2.93 bits per heavy atom. The molecule has 0 spiro atoms. The van der Waals surface area contributed by atoms with Crippen LogP contribution in [-0.4, -0.2) is 29.0 Å². The fourth-order valence-corrected chi connectivity index (χ4v) is 1.19. The molecule has 76 valence electrons. The quantitative estimate of drug-likeness (QED) is 0.739. The summed E-state index contributed by atoms with van der Waals surface area (Å²) < 4.78 is 0. The molecule has 0 aliphatic carbocycles. The number of likely N-dealkylation sites (N-methyl/N-ethyl adjacent to an activating group) is 1. The largest absolute Gasteiger partial charge is 0.368 e. The van der Waals surface area contributed by atoms with Crippen LogP contribution in [0.2, 0.25) is 5.28 Å². The molecule has 0 aliphatic heterocycles. The average molecular weight is 215 g/mol. The first kappa shape index (κ1) is 10.7. The highest BCUT2D eigenvalue weighted by Gasteiger charge is 2.08. The van der Waals surface area contributed by atoms with E-state index < -0.39 is 5.91 Å². The molecule has 0 saturated heterocycles. The predicted molar refractivity (Wildman–Crippen MR) is 54.1 cm³/mol. The third-order valence-corrected chi connectivity index (χ3v) is 1.85. The molecule has 0 bridgehead atoms. The first-order valence-electron chi connectivity index (χ1n) is 4.15. The molecular formula is C8H11ClN4O. The second kappa shape index (κ2) is 4.76. The van der Waals surface area contributed by atoms with E-state index in [-0.39, 0.29) is 11.8 Å². The minimum Gasteiger partial charge on any atom is -0.368 e. The SMILES string of the molecule is CCN(CC(N)=O)c1ccnc(Cl)n1. The molecule has 14 heavy (non-hydrogen) atoms. The number of anilines is 1. The summed E-state index contributed by atoms with van der Waals surface area (Å²) >= 11 is 5.62. The summed E-state index contributed by atoms with van der Waals surface area (Å²) in [5.74, 6) is 0.202. The van der Waals surface area contributed by atoms with Crippen molar-refractivity contribution in [2.75, 3.05) is 18.0 Å². The molecule has 0 aliphatic rings. The van der Waals surface area contributed by atoms with Gasteiger partial charge in [-0.2, -0.15) is 0 Å². The molecule has 0 radical (unpaired) electrons. The van der Waals surface area contributed by atoms with E-state index in [9.17, 15) is 4.79 Å². The van der Waals surface area contributed by atoms with Gasteiger partial charge in [0.25, 0.3) is 0 Å². The molecule has 1 amide bonds. The van der Waals surface area contributed by atoms with E-state index >= 15 is 0 Å². The molecule has 1 aromatic rings. The fourth-order valence-electron chi connectivity index (χ4n) is 1.05. The Morgan fingerprint density at radius 1 is 1.71 bits per heavy atom. The van der Waals surface area contributed by atoms with Crippen LogP contribution in [0.5, 0.6) is 0 Å².